The molecule has 1 saturated heterocycles. The van der Waals surface area contributed by atoms with E-state index in [0.717, 1.165) is 24.6 Å². The molecule has 156 valence electrons. The largest absolute Gasteiger partial charge is 0.491 e. The van der Waals surface area contributed by atoms with Gasteiger partial charge in [0.15, 0.2) is 0 Å². The van der Waals surface area contributed by atoms with Crippen LogP contribution in [0.15, 0.2) is 47.4 Å². The van der Waals surface area contributed by atoms with Gasteiger partial charge in [-0.2, -0.15) is 4.31 Å². The quantitative estimate of drug-likeness (QED) is 0.742. The average Bonchev–Trinajstić information content (AvgIpc) is 2.74. The van der Waals surface area contributed by atoms with Crippen molar-refractivity contribution in [3.05, 3.63) is 53.8 Å². The maximum Gasteiger partial charge on any atom is 0.258 e. The zero-order chi connectivity index (χ0) is 20.9. The van der Waals surface area contributed by atoms with Crippen LogP contribution in [0, 0.1) is 5.82 Å². The molecule has 29 heavy (non-hydrogen) atoms. The number of morpholine rings is 1. The minimum atomic E-state index is -3.85. The molecule has 1 aliphatic rings. The number of carbonyl (C=O) groups excluding carboxylic acids is 1. The molecule has 2 aromatic carbocycles. The summed E-state index contributed by atoms with van der Waals surface area (Å²) in [6, 6.07) is 10.0. The third-order valence-electron chi connectivity index (χ3n) is 4.39. The normalized spacial score (nSPS) is 15.1. The highest BCUT2D eigenvalue weighted by Gasteiger charge is 2.28. The van der Waals surface area contributed by atoms with Crippen molar-refractivity contribution in [1.29, 1.82) is 0 Å². The van der Waals surface area contributed by atoms with Gasteiger partial charge in [0, 0.05) is 13.1 Å². The molecule has 1 heterocycles. The number of rotatable bonds is 7. The number of para-hydroxylation sites is 2. The van der Waals surface area contributed by atoms with Crippen LogP contribution in [-0.2, 0) is 14.8 Å². The summed E-state index contributed by atoms with van der Waals surface area (Å²) in [5.41, 5.74) is 0.0245. The van der Waals surface area contributed by atoms with Crippen LogP contribution in [0.25, 0.3) is 0 Å². The van der Waals surface area contributed by atoms with Gasteiger partial charge in [0.25, 0.3) is 5.91 Å². The smallest absolute Gasteiger partial charge is 0.258 e. The van der Waals surface area contributed by atoms with Crippen molar-refractivity contribution >= 4 is 21.6 Å². The predicted octanol–water partition coefficient (Wildman–Crippen LogP) is 2.89. The summed E-state index contributed by atoms with van der Waals surface area (Å²) < 4.78 is 52.0. The molecule has 7 nitrogen and oxygen atoms in total. The lowest BCUT2D eigenvalue weighted by Crippen LogP contribution is -2.40. The first kappa shape index (κ1) is 21.2. The molecule has 0 aromatic heterocycles. The van der Waals surface area contributed by atoms with Gasteiger partial charge < -0.3 is 14.8 Å². The highest BCUT2D eigenvalue weighted by atomic mass is 32.2. The molecule has 0 spiro atoms. The van der Waals surface area contributed by atoms with E-state index in [0.29, 0.717) is 31.3 Å². The van der Waals surface area contributed by atoms with Crippen LogP contribution in [0.1, 0.15) is 23.7 Å². The Labute approximate surface area is 169 Å². The standard InChI is InChI=1S/C20H23FN2O5S/c1-2-11-28-19-6-4-3-5-18(19)22-20(24)16-14-15(7-8-17(16)21)29(25,26)23-9-12-27-13-10-23/h3-8,14H,2,9-13H2,1H3,(H,22,24). The third kappa shape index (κ3) is 4.92. The Morgan fingerprint density at radius 1 is 1.21 bits per heavy atom. The maximum absolute atomic E-state index is 14.3. The Kier molecular flexibility index (Phi) is 6.83. The first-order valence-electron chi connectivity index (χ1n) is 9.34. The fourth-order valence-electron chi connectivity index (χ4n) is 2.87. The molecule has 0 aliphatic carbocycles. The molecule has 9 heteroatoms. The van der Waals surface area contributed by atoms with E-state index in [2.05, 4.69) is 5.32 Å². The lowest BCUT2D eigenvalue weighted by molar-refractivity contribution is 0.0730. The number of nitrogens with one attached hydrogen (secondary N) is 1. The van der Waals surface area contributed by atoms with Crippen molar-refractivity contribution in [2.45, 2.75) is 18.2 Å². The number of benzene rings is 2. The van der Waals surface area contributed by atoms with Crippen LogP contribution in [0.4, 0.5) is 10.1 Å². The summed E-state index contributed by atoms with van der Waals surface area (Å²) in [5, 5.41) is 2.60. The second kappa shape index (κ2) is 9.34. The van der Waals surface area contributed by atoms with E-state index in [1.807, 2.05) is 6.92 Å². The van der Waals surface area contributed by atoms with Crippen molar-refractivity contribution in [2.24, 2.45) is 0 Å². The van der Waals surface area contributed by atoms with Gasteiger partial charge in [-0.1, -0.05) is 19.1 Å². The monoisotopic (exact) mass is 422 g/mol. The van der Waals surface area contributed by atoms with Gasteiger partial charge in [-0.15, -0.1) is 0 Å². The number of sulfonamides is 1. The van der Waals surface area contributed by atoms with Gasteiger partial charge >= 0.3 is 0 Å². The summed E-state index contributed by atoms with van der Waals surface area (Å²) >= 11 is 0. The minimum Gasteiger partial charge on any atom is -0.491 e. The zero-order valence-corrected chi connectivity index (χ0v) is 16.9. The predicted molar refractivity (Wildman–Crippen MR) is 106 cm³/mol. The number of hydrogen-bond acceptors (Lipinski definition) is 5. The number of nitrogens with zero attached hydrogens (tertiary/aromatic N) is 1. The summed E-state index contributed by atoms with van der Waals surface area (Å²) in [6.45, 7) is 3.43. The molecule has 2 aromatic rings. The van der Waals surface area contributed by atoms with Crippen LogP contribution in [0.3, 0.4) is 0 Å². The fourth-order valence-corrected chi connectivity index (χ4v) is 4.31. The first-order chi connectivity index (χ1) is 13.9. The second-order valence-corrected chi connectivity index (χ2v) is 8.39. The lowest BCUT2D eigenvalue weighted by Gasteiger charge is -2.26. The summed E-state index contributed by atoms with van der Waals surface area (Å²) in [5.74, 6) is -1.11. The molecular formula is C20H23FN2O5S. The Hall–Kier alpha value is -2.49. The zero-order valence-electron chi connectivity index (χ0n) is 16.1. The van der Waals surface area contributed by atoms with Gasteiger partial charge in [-0.05, 0) is 36.8 Å². The van der Waals surface area contributed by atoms with E-state index in [-0.39, 0.29) is 23.5 Å². The number of amides is 1. The van der Waals surface area contributed by atoms with E-state index in [4.69, 9.17) is 9.47 Å². The highest BCUT2D eigenvalue weighted by Crippen LogP contribution is 2.26. The summed E-state index contributed by atoms with van der Waals surface area (Å²) in [4.78, 5) is 12.5. The number of anilines is 1. The van der Waals surface area contributed by atoms with Crippen LogP contribution in [-0.4, -0.2) is 51.5 Å². The van der Waals surface area contributed by atoms with Crippen LogP contribution >= 0.6 is 0 Å². The van der Waals surface area contributed by atoms with E-state index in [1.54, 1.807) is 24.3 Å². The van der Waals surface area contributed by atoms with E-state index in [1.165, 1.54) is 4.31 Å². The Balaban J connectivity index is 1.86. The van der Waals surface area contributed by atoms with Crippen LogP contribution in [0.2, 0.25) is 0 Å². The molecule has 0 radical (unpaired) electrons. The molecule has 1 amide bonds. The number of halogens is 1. The molecule has 0 bridgehead atoms. The Bertz CT molecular complexity index is 975. The fraction of sp³-hybridized carbons (Fsp3) is 0.350. The minimum absolute atomic E-state index is 0.138. The van der Waals surface area contributed by atoms with E-state index in [9.17, 15) is 17.6 Å². The van der Waals surface area contributed by atoms with Crippen molar-refractivity contribution < 1.29 is 27.1 Å². The molecule has 1 N–H and O–H groups in total. The molecular weight excluding hydrogens is 399 g/mol. The molecule has 1 aliphatic heterocycles. The maximum atomic E-state index is 14.3. The van der Waals surface area contributed by atoms with E-state index < -0.39 is 21.7 Å². The molecule has 0 atom stereocenters. The molecule has 1 fully saturated rings. The first-order valence-corrected chi connectivity index (χ1v) is 10.8. The van der Waals surface area contributed by atoms with Crippen molar-refractivity contribution in [3.63, 3.8) is 0 Å². The van der Waals surface area contributed by atoms with Gasteiger partial charge in [0.1, 0.15) is 11.6 Å². The van der Waals surface area contributed by atoms with Gasteiger partial charge in [-0.3, -0.25) is 4.79 Å². The lowest BCUT2D eigenvalue weighted by atomic mass is 10.2. The summed E-state index contributed by atoms with van der Waals surface area (Å²) in [7, 11) is -3.85. The molecule has 0 saturated carbocycles. The van der Waals surface area contributed by atoms with Crippen molar-refractivity contribution in [1.82, 2.24) is 4.31 Å². The Morgan fingerprint density at radius 2 is 1.93 bits per heavy atom. The van der Waals surface area contributed by atoms with Gasteiger partial charge in [-0.25, -0.2) is 12.8 Å². The molecule has 0 unspecified atom stereocenters. The SMILES string of the molecule is CCCOc1ccccc1NC(=O)c1cc(S(=O)(=O)N2CCOCC2)ccc1F. The van der Waals surface area contributed by atoms with Crippen LogP contribution in [0.5, 0.6) is 5.75 Å². The number of ether oxygens (including phenoxy) is 2. The second-order valence-electron chi connectivity index (χ2n) is 6.46. The third-order valence-corrected chi connectivity index (χ3v) is 6.28. The molecule has 3 rings (SSSR count). The Morgan fingerprint density at radius 3 is 2.66 bits per heavy atom. The van der Waals surface area contributed by atoms with Crippen molar-refractivity contribution in [2.75, 3.05) is 38.2 Å². The topological polar surface area (TPSA) is 84.9 Å². The summed E-state index contributed by atoms with van der Waals surface area (Å²) in [6.07, 6.45) is 0.790. The van der Waals surface area contributed by atoms with Gasteiger partial charge in [0.05, 0.1) is 36.0 Å². The number of carbonyl (C=O) groups is 1. The van der Waals surface area contributed by atoms with E-state index >= 15 is 0 Å². The van der Waals surface area contributed by atoms with Crippen molar-refractivity contribution in [3.8, 4) is 5.75 Å². The highest BCUT2D eigenvalue weighted by molar-refractivity contribution is 7.89. The average molecular weight is 422 g/mol. The van der Waals surface area contributed by atoms with Gasteiger partial charge in [0.2, 0.25) is 10.0 Å². The number of hydrogen-bond donors (Lipinski definition) is 1. The van der Waals surface area contributed by atoms with Crippen LogP contribution < -0.4 is 10.1 Å².